The number of carbonyl (C=O) groups excluding carboxylic acids is 1. The first-order chi connectivity index (χ1) is 11.7. The van der Waals surface area contributed by atoms with Crippen molar-refractivity contribution in [2.24, 2.45) is 0 Å². The smallest absolute Gasteiger partial charge is 0.227 e. The van der Waals surface area contributed by atoms with Crippen molar-refractivity contribution in [3.8, 4) is 5.75 Å². The summed E-state index contributed by atoms with van der Waals surface area (Å²) in [6.45, 7) is 1.89. The summed E-state index contributed by atoms with van der Waals surface area (Å²) in [6.07, 6.45) is 1.19. The average Bonchev–Trinajstić information content (AvgIpc) is 2.51. The van der Waals surface area contributed by atoms with E-state index in [0.717, 1.165) is 11.8 Å². The highest BCUT2D eigenvalue weighted by Crippen LogP contribution is 2.27. The lowest BCUT2D eigenvalue weighted by molar-refractivity contribution is -0.116. The molecule has 0 unspecified atom stereocenters. The highest BCUT2D eigenvalue weighted by atomic mass is 35.5. The van der Waals surface area contributed by atoms with Crippen LogP contribution in [0.4, 0.5) is 5.69 Å². The number of aryl methyl sites for hydroxylation is 1. The molecule has 0 atom stereocenters. The summed E-state index contributed by atoms with van der Waals surface area (Å²) >= 11 is 11.8. The highest BCUT2D eigenvalue weighted by Gasteiger charge is 2.12. The van der Waals surface area contributed by atoms with E-state index in [2.05, 4.69) is 5.32 Å². The van der Waals surface area contributed by atoms with Gasteiger partial charge in [0.2, 0.25) is 5.91 Å². The summed E-state index contributed by atoms with van der Waals surface area (Å²) in [5, 5.41) is 3.58. The summed E-state index contributed by atoms with van der Waals surface area (Å²) in [4.78, 5) is 12.2. The molecule has 1 N–H and O–H groups in total. The molecule has 0 radical (unpaired) electrons. The zero-order valence-electron chi connectivity index (χ0n) is 13.7. The van der Waals surface area contributed by atoms with Crippen LogP contribution in [0.3, 0.4) is 0 Å². The van der Waals surface area contributed by atoms with Crippen LogP contribution >= 0.6 is 23.2 Å². The van der Waals surface area contributed by atoms with Crippen molar-refractivity contribution >= 4 is 44.6 Å². The summed E-state index contributed by atoms with van der Waals surface area (Å²) < 4.78 is 28.7. The van der Waals surface area contributed by atoms with Crippen molar-refractivity contribution in [2.45, 2.75) is 18.2 Å². The molecule has 2 rings (SSSR count). The SMILES string of the molecule is Cc1ccc(S(C)(=O)=O)cc1NC(=O)CCOc1cc(Cl)ccc1Cl. The first-order valence-corrected chi connectivity index (χ1v) is 10.00. The predicted molar refractivity (Wildman–Crippen MR) is 99.5 cm³/mol. The summed E-state index contributed by atoms with van der Waals surface area (Å²) in [6, 6.07) is 9.41. The molecule has 0 bridgehead atoms. The normalized spacial score (nSPS) is 11.2. The third-order valence-electron chi connectivity index (χ3n) is 3.39. The molecule has 2 aromatic carbocycles. The average molecular weight is 402 g/mol. The standard InChI is InChI=1S/C17H17Cl2NO4S/c1-11-3-5-13(25(2,22)23)10-15(11)20-17(21)7-8-24-16-9-12(18)4-6-14(16)19/h3-6,9-10H,7-8H2,1-2H3,(H,20,21). The Kier molecular flexibility index (Phi) is 6.32. The second-order valence-electron chi connectivity index (χ2n) is 5.47. The van der Waals surface area contributed by atoms with Crippen LogP contribution in [-0.2, 0) is 14.6 Å². The Balaban J connectivity index is 1.98. The van der Waals surface area contributed by atoms with Gasteiger partial charge in [-0.1, -0.05) is 29.3 Å². The Hall–Kier alpha value is -1.76. The van der Waals surface area contributed by atoms with Crippen LogP contribution in [0.25, 0.3) is 0 Å². The lowest BCUT2D eigenvalue weighted by Gasteiger charge is -2.11. The van der Waals surface area contributed by atoms with Gasteiger partial charge in [-0.15, -0.1) is 0 Å². The molecule has 1 amide bonds. The van der Waals surface area contributed by atoms with Gasteiger partial charge in [0.25, 0.3) is 0 Å². The first kappa shape index (κ1) is 19.6. The monoisotopic (exact) mass is 401 g/mol. The molecule has 0 aromatic heterocycles. The van der Waals surface area contributed by atoms with Crippen LogP contribution in [0.15, 0.2) is 41.3 Å². The highest BCUT2D eigenvalue weighted by molar-refractivity contribution is 7.90. The van der Waals surface area contributed by atoms with Gasteiger partial charge in [0.1, 0.15) is 5.75 Å². The van der Waals surface area contributed by atoms with E-state index in [-0.39, 0.29) is 23.8 Å². The maximum atomic E-state index is 12.1. The lowest BCUT2D eigenvalue weighted by Crippen LogP contribution is -2.16. The molecule has 8 heteroatoms. The van der Waals surface area contributed by atoms with E-state index >= 15 is 0 Å². The van der Waals surface area contributed by atoms with Crippen LogP contribution in [0.2, 0.25) is 10.0 Å². The van der Waals surface area contributed by atoms with Gasteiger partial charge in [-0.3, -0.25) is 4.79 Å². The third-order valence-corrected chi connectivity index (χ3v) is 5.05. The topological polar surface area (TPSA) is 72.5 Å². The number of carbonyl (C=O) groups is 1. The van der Waals surface area contributed by atoms with Crippen LogP contribution in [0, 0.1) is 6.92 Å². The molecule has 0 fully saturated rings. The molecule has 0 aliphatic carbocycles. The number of amides is 1. The van der Waals surface area contributed by atoms with Gasteiger partial charge in [0.15, 0.2) is 9.84 Å². The minimum atomic E-state index is -3.34. The molecule has 0 saturated carbocycles. The summed E-state index contributed by atoms with van der Waals surface area (Å²) in [7, 11) is -3.34. The van der Waals surface area contributed by atoms with Gasteiger partial charge in [-0.2, -0.15) is 0 Å². The molecule has 0 heterocycles. The van der Waals surface area contributed by atoms with Gasteiger partial charge < -0.3 is 10.1 Å². The number of sulfone groups is 1. The number of rotatable bonds is 6. The molecule has 5 nitrogen and oxygen atoms in total. The number of ether oxygens (including phenoxy) is 1. The molecule has 0 spiro atoms. The minimum Gasteiger partial charge on any atom is -0.491 e. The maximum absolute atomic E-state index is 12.1. The fraction of sp³-hybridized carbons (Fsp3) is 0.235. The quantitative estimate of drug-likeness (QED) is 0.789. The maximum Gasteiger partial charge on any atom is 0.227 e. The van der Waals surface area contributed by atoms with E-state index in [9.17, 15) is 13.2 Å². The van der Waals surface area contributed by atoms with E-state index in [1.165, 1.54) is 12.1 Å². The van der Waals surface area contributed by atoms with Gasteiger partial charge in [0, 0.05) is 23.0 Å². The Morgan fingerprint density at radius 2 is 1.88 bits per heavy atom. The van der Waals surface area contributed by atoms with E-state index in [1.807, 2.05) is 0 Å². The number of nitrogens with one attached hydrogen (secondary N) is 1. The first-order valence-electron chi connectivity index (χ1n) is 7.35. The summed E-state index contributed by atoms with van der Waals surface area (Å²) in [5.41, 5.74) is 1.22. The van der Waals surface area contributed by atoms with E-state index in [1.54, 1.807) is 31.2 Å². The Morgan fingerprint density at radius 1 is 1.16 bits per heavy atom. The van der Waals surface area contributed by atoms with Crippen LogP contribution in [-0.4, -0.2) is 27.2 Å². The molecule has 25 heavy (non-hydrogen) atoms. The fourth-order valence-electron chi connectivity index (χ4n) is 2.02. The number of anilines is 1. The summed E-state index contributed by atoms with van der Waals surface area (Å²) in [5.74, 6) is 0.101. The van der Waals surface area contributed by atoms with Crippen molar-refractivity contribution < 1.29 is 17.9 Å². The lowest BCUT2D eigenvalue weighted by atomic mass is 10.2. The minimum absolute atomic E-state index is 0.0748. The molecule has 2 aromatic rings. The van der Waals surface area contributed by atoms with E-state index in [4.69, 9.17) is 27.9 Å². The van der Waals surface area contributed by atoms with Gasteiger partial charge in [0.05, 0.1) is 22.9 Å². The molecule has 0 aliphatic rings. The van der Waals surface area contributed by atoms with Crippen LogP contribution < -0.4 is 10.1 Å². The number of hydrogen-bond acceptors (Lipinski definition) is 4. The predicted octanol–water partition coefficient (Wildman–Crippen LogP) is 4.11. The van der Waals surface area contributed by atoms with Gasteiger partial charge >= 0.3 is 0 Å². The van der Waals surface area contributed by atoms with Crippen molar-refractivity contribution in [3.63, 3.8) is 0 Å². The number of benzene rings is 2. The molecular weight excluding hydrogens is 385 g/mol. The second-order valence-corrected chi connectivity index (χ2v) is 8.33. The van der Waals surface area contributed by atoms with E-state index < -0.39 is 9.84 Å². The molecular formula is C17H17Cl2NO4S. The zero-order valence-corrected chi connectivity index (χ0v) is 16.0. The number of halogens is 2. The van der Waals surface area contributed by atoms with Crippen LogP contribution in [0.1, 0.15) is 12.0 Å². The third kappa shape index (κ3) is 5.63. The largest absolute Gasteiger partial charge is 0.491 e. The van der Waals surface area contributed by atoms with Gasteiger partial charge in [-0.05, 0) is 36.8 Å². The molecule has 134 valence electrons. The fourth-order valence-corrected chi connectivity index (χ4v) is 3.00. The Morgan fingerprint density at radius 3 is 2.56 bits per heavy atom. The Labute approximate surface area is 156 Å². The van der Waals surface area contributed by atoms with Crippen molar-refractivity contribution in [3.05, 3.63) is 52.0 Å². The van der Waals surface area contributed by atoms with Crippen molar-refractivity contribution in [2.75, 3.05) is 18.2 Å². The Bertz CT molecular complexity index is 898. The van der Waals surface area contributed by atoms with E-state index in [0.29, 0.717) is 21.5 Å². The molecule has 0 aliphatic heterocycles. The van der Waals surface area contributed by atoms with Gasteiger partial charge in [-0.25, -0.2) is 8.42 Å². The van der Waals surface area contributed by atoms with Crippen molar-refractivity contribution in [1.82, 2.24) is 0 Å². The number of hydrogen-bond donors (Lipinski definition) is 1. The van der Waals surface area contributed by atoms with Crippen molar-refractivity contribution in [1.29, 1.82) is 0 Å². The van der Waals surface area contributed by atoms with Crippen LogP contribution in [0.5, 0.6) is 5.75 Å². The molecule has 0 saturated heterocycles. The second kappa shape index (κ2) is 8.08. The zero-order chi connectivity index (χ0) is 18.6.